The molecule has 14 rings (SSSR count). The highest BCUT2D eigenvalue weighted by Gasteiger charge is 2.29. The molecule has 3 saturated heterocycles. The van der Waals surface area contributed by atoms with Gasteiger partial charge < -0.3 is 47.8 Å². The van der Waals surface area contributed by atoms with Crippen LogP contribution in [0.1, 0.15) is 153 Å². The first-order chi connectivity index (χ1) is 46.9. The maximum Gasteiger partial charge on any atom is 0.175 e. The Balaban J connectivity index is 0.000000160. The number of aromatic nitrogens is 5. The smallest absolute Gasteiger partial charge is 0.175 e. The zero-order valence-electron chi connectivity index (χ0n) is 58.7. The van der Waals surface area contributed by atoms with Crippen LogP contribution in [-0.2, 0) is 52.0 Å². The summed E-state index contributed by atoms with van der Waals surface area (Å²) in [4.78, 5) is 19.8. The molecule has 19 nitrogen and oxygen atoms in total. The van der Waals surface area contributed by atoms with E-state index in [9.17, 15) is 0 Å². The van der Waals surface area contributed by atoms with Crippen LogP contribution in [-0.4, -0.2) is 151 Å². The summed E-state index contributed by atoms with van der Waals surface area (Å²) in [5.74, 6) is 7.23. The molecule has 3 saturated carbocycles. The fourth-order valence-corrected chi connectivity index (χ4v) is 13.8. The number of aryl methyl sites for hydroxylation is 3. The second kappa shape index (κ2) is 35.9. The number of nitriles is 2. The van der Waals surface area contributed by atoms with Crippen LogP contribution in [0.2, 0.25) is 0 Å². The summed E-state index contributed by atoms with van der Waals surface area (Å²) in [6.07, 6.45) is 25.1. The quantitative estimate of drug-likeness (QED) is 0.0483. The number of piperidine rings is 3. The lowest BCUT2D eigenvalue weighted by Crippen LogP contribution is -2.33. The van der Waals surface area contributed by atoms with Gasteiger partial charge in [-0.3, -0.25) is 9.80 Å². The lowest BCUT2D eigenvalue weighted by atomic mass is 9.91. The monoisotopic (exact) mass is 1380 g/mol. The lowest BCUT2D eigenvalue weighted by Gasteiger charge is -2.31. The van der Waals surface area contributed by atoms with Crippen molar-refractivity contribution >= 4 is 57.7 Å². The van der Waals surface area contributed by atoms with Crippen molar-refractivity contribution in [2.75, 3.05) is 101 Å². The van der Waals surface area contributed by atoms with Crippen molar-refractivity contribution in [2.45, 2.75) is 148 Å². The summed E-state index contributed by atoms with van der Waals surface area (Å²) in [5.41, 5.74) is 12.6. The second-order valence-corrected chi connectivity index (χ2v) is 29.2. The largest absolute Gasteiger partial charge is 0.493 e. The van der Waals surface area contributed by atoms with Crippen LogP contribution < -0.4 is 19.5 Å². The van der Waals surface area contributed by atoms with E-state index >= 15 is 0 Å². The molecule has 0 radical (unpaired) electrons. The molecule has 6 aliphatic rings. The number of hydrogen-bond donors (Lipinski definition) is 1. The summed E-state index contributed by atoms with van der Waals surface area (Å²) in [6, 6.07) is 24.6. The lowest BCUT2D eigenvalue weighted by molar-refractivity contribution is 0.172. The van der Waals surface area contributed by atoms with Gasteiger partial charge in [-0.25, -0.2) is 9.97 Å². The number of nitrogens with one attached hydrogen (secondary N) is 1. The Morgan fingerprint density at radius 2 is 0.765 bits per heavy atom. The van der Waals surface area contributed by atoms with E-state index in [4.69, 9.17) is 38.3 Å². The van der Waals surface area contributed by atoms with E-state index in [0.29, 0.717) is 23.2 Å². The molecule has 526 valence electrons. The average molecular weight is 1380 g/mol. The van der Waals surface area contributed by atoms with Gasteiger partial charge in [-0.15, -0.1) is 24.8 Å². The van der Waals surface area contributed by atoms with Crippen molar-refractivity contribution in [1.82, 2.24) is 55.3 Å². The van der Waals surface area contributed by atoms with Crippen molar-refractivity contribution in [3.05, 3.63) is 129 Å². The highest BCUT2D eigenvalue weighted by molar-refractivity contribution is 5.87. The van der Waals surface area contributed by atoms with E-state index in [1.165, 1.54) is 94.6 Å². The first kappa shape index (κ1) is 73.8. The zero-order valence-corrected chi connectivity index (χ0v) is 60.3. The number of halogens is 2. The van der Waals surface area contributed by atoms with Crippen molar-refractivity contribution in [2.24, 2.45) is 35.5 Å². The van der Waals surface area contributed by atoms with Crippen LogP contribution in [0.3, 0.4) is 0 Å². The van der Waals surface area contributed by atoms with E-state index in [1.54, 1.807) is 12.1 Å². The fourth-order valence-electron chi connectivity index (χ4n) is 13.8. The molecule has 5 aromatic heterocycles. The SMILES string of the molecule is CN(C)Cc1c(OCC2CC2)ccc2c(CCC3CCN(Cc4ccc(C#N)nc4)CC3)noc12.CN(C)Cc1c(OCC2CC2)ccc2c(CCC3CCN(Cc4ccc(C#N)nc4)CC3)noc12.CN(C)Cc1c(OCC2CC2)ccc2c(CCC3CCNCC3)noc12.Cl.Cl. The third-order valence-corrected chi connectivity index (χ3v) is 20.2. The number of benzene rings is 3. The molecule has 1 N–H and O–H groups in total. The Hall–Kier alpha value is -6.91. The highest BCUT2D eigenvalue weighted by Crippen LogP contribution is 2.39. The van der Waals surface area contributed by atoms with Gasteiger partial charge in [-0.1, -0.05) is 27.6 Å². The van der Waals surface area contributed by atoms with Crippen LogP contribution >= 0.6 is 24.8 Å². The van der Waals surface area contributed by atoms with Gasteiger partial charge in [0.05, 0.1) is 53.6 Å². The molecular weight excluding hydrogens is 1270 g/mol. The average Bonchev–Trinajstić information content (AvgIpc) is 1.63. The molecule has 6 fully saturated rings. The maximum atomic E-state index is 8.92. The summed E-state index contributed by atoms with van der Waals surface area (Å²) in [6.45, 7) is 13.3. The number of rotatable bonds is 28. The Bertz CT molecular complexity index is 3680. The number of ether oxygens (including phenoxy) is 3. The number of pyridine rings is 2. The predicted molar refractivity (Wildman–Crippen MR) is 388 cm³/mol. The van der Waals surface area contributed by atoms with Gasteiger partial charge in [-0.2, -0.15) is 10.5 Å². The van der Waals surface area contributed by atoms with E-state index in [-0.39, 0.29) is 24.8 Å². The molecular formula is C77H103Cl2N13O6. The first-order valence-electron chi connectivity index (χ1n) is 35.8. The zero-order chi connectivity index (χ0) is 66.3. The third kappa shape index (κ3) is 20.9. The molecule has 0 unspecified atom stereocenters. The molecule has 98 heavy (non-hydrogen) atoms. The Morgan fingerprint density at radius 3 is 1.05 bits per heavy atom. The molecule has 0 spiro atoms. The molecule has 8 heterocycles. The van der Waals surface area contributed by atoms with Gasteiger partial charge in [0.2, 0.25) is 0 Å². The van der Waals surface area contributed by atoms with Gasteiger partial charge in [0, 0.05) is 61.3 Å². The highest BCUT2D eigenvalue weighted by atomic mass is 35.5. The number of nitrogens with zero attached hydrogens (tertiary/aromatic N) is 12. The summed E-state index contributed by atoms with van der Waals surface area (Å²) >= 11 is 0. The molecule has 0 amide bonds. The van der Waals surface area contributed by atoms with E-state index < -0.39 is 0 Å². The summed E-state index contributed by atoms with van der Waals surface area (Å²) < 4.78 is 36.0. The minimum atomic E-state index is 0. The fraction of sp³-hybridized carbons (Fsp3) is 0.571. The van der Waals surface area contributed by atoms with Gasteiger partial charge in [-0.05, 0) is 292 Å². The third-order valence-electron chi connectivity index (χ3n) is 20.2. The number of likely N-dealkylation sites (tertiary alicyclic amines) is 2. The minimum Gasteiger partial charge on any atom is -0.493 e. The molecule has 0 atom stereocenters. The van der Waals surface area contributed by atoms with Gasteiger partial charge in [0.1, 0.15) is 40.8 Å². The van der Waals surface area contributed by atoms with Gasteiger partial charge in [0.25, 0.3) is 0 Å². The molecule has 3 aliphatic carbocycles. The number of hydrogen-bond acceptors (Lipinski definition) is 19. The summed E-state index contributed by atoms with van der Waals surface area (Å²) in [5, 5.41) is 38.1. The van der Waals surface area contributed by atoms with Crippen molar-refractivity contribution in [3.8, 4) is 29.4 Å². The van der Waals surface area contributed by atoms with Crippen LogP contribution in [0.4, 0.5) is 0 Å². The topological polar surface area (TPSA) is 207 Å². The first-order valence-corrected chi connectivity index (χ1v) is 35.8. The minimum absolute atomic E-state index is 0. The molecule has 21 heteroatoms. The predicted octanol–water partition coefficient (Wildman–Crippen LogP) is 14.0. The molecule has 3 aliphatic heterocycles. The van der Waals surface area contributed by atoms with Crippen molar-refractivity contribution < 1.29 is 27.8 Å². The normalized spacial score (nSPS) is 17.3. The van der Waals surface area contributed by atoms with Crippen LogP contribution in [0.15, 0.2) is 86.6 Å². The van der Waals surface area contributed by atoms with Crippen LogP contribution in [0.5, 0.6) is 17.2 Å². The van der Waals surface area contributed by atoms with E-state index in [2.05, 4.69) is 146 Å². The van der Waals surface area contributed by atoms with Crippen molar-refractivity contribution in [3.63, 3.8) is 0 Å². The van der Waals surface area contributed by atoms with Crippen LogP contribution in [0, 0.1) is 58.2 Å². The standard InChI is InChI=1S/2C28H35N5O2.C21H31N3O2.2ClH/c2*1-32(2)18-25-27(34-19-21-3-4-21)10-8-24-26(31-35-28(24)25)9-6-20-11-13-33(14-12-20)17-22-5-7-23(15-29)30-16-22;1-24(2)13-18-20(25-14-16-3-4-16)8-6-17-19(23-26-21(17)18)7-5-15-9-11-22-12-10-15;;/h2*5,7-8,10,16,20-21H,3-4,6,9,11-14,17-19H2,1-2H3;6,8,15-16,22H,3-5,7,9-14H2,1-2H3;2*1H. The Kier molecular flexibility index (Phi) is 27.0. The number of fused-ring (bicyclic) bond motifs is 3. The van der Waals surface area contributed by atoms with Crippen molar-refractivity contribution in [1.29, 1.82) is 10.5 Å². The maximum absolute atomic E-state index is 8.92. The Labute approximate surface area is 592 Å². The molecule has 0 bridgehead atoms. The molecule has 8 aromatic rings. The van der Waals surface area contributed by atoms with Gasteiger partial charge in [0.15, 0.2) is 16.7 Å². The van der Waals surface area contributed by atoms with Gasteiger partial charge >= 0.3 is 0 Å². The van der Waals surface area contributed by atoms with E-state index in [1.807, 2.05) is 24.5 Å². The summed E-state index contributed by atoms with van der Waals surface area (Å²) in [7, 11) is 12.5. The molecule has 3 aromatic carbocycles. The van der Waals surface area contributed by atoms with E-state index in [0.717, 1.165) is 232 Å². The second-order valence-electron chi connectivity index (χ2n) is 29.2. The van der Waals surface area contributed by atoms with Crippen LogP contribution in [0.25, 0.3) is 32.9 Å². The Morgan fingerprint density at radius 1 is 0.439 bits per heavy atom.